The van der Waals surface area contributed by atoms with Crippen LogP contribution in [0, 0.1) is 0 Å². The number of carbonyl (C=O) groups is 1. The van der Waals surface area contributed by atoms with Gasteiger partial charge in [-0.2, -0.15) is 13.2 Å². The van der Waals surface area contributed by atoms with Crippen molar-refractivity contribution in [2.75, 3.05) is 10.6 Å². The molecule has 0 radical (unpaired) electrons. The maximum Gasteiger partial charge on any atom is 0.416 e. The number of hydrogen-bond donors (Lipinski definition) is 2. The van der Waals surface area contributed by atoms with Crippen molar-refractivity contribution < 1.29 is 18.0 Å². The highest BCUT2D eigenvalue weighted by Crippen LogP contribution is 2.34. The number of carbonyl (C=O) groups excluding carboxylic acids is 1. The Labute approximate surface area is 133 Å². The Balaban J connectivity index is 1.77. The molecular formula is C15H10F3N3OS. The molecule has 0 aliphatic heterocycles. The van der Waals surface area contributed by atoms with E-state index in [4.69, 9.17) is 0 Å². The van der Waals surface area contributed by atoms with Crippen LogP contribution in [0.4, 0.5) is 28.8 Å². The van der Waals surface area contributed by atoms with Gasteiger partial charge in [0.1, 0.15) is 0 Å². The van der Waals surface area contributed by atoms with Crippen molar-refractivity contribution in [3.8, 4) is 0 Å². The lowest BCUT2D eigenvalue weighted by molar-refractivity contribution is -0.137. The van der Waals surface area contributed by atoms with Gasteiger partial charge in [-0.15, -0.1) is 0 Å². The minimum atomic E-state index is -4.41. The summed E-state index contributed by atoms with van der Waals surface area (Å²) < 4.78 is 38.4. The number of halogens is 3. The largest absolute Gasteiger partial charge is 0.416 e. The van der Waals surface area contributed by atoms with Crippen LogP contribution in [0.3, 0.4) is 0 Å². The molecule has 1 heterocycles. The molecule has 0 unspecified atom stereocenters. The predicted octanol–water partition coefficient (Wildman–Crippen LogP) is 4.96. The van der Waals surface area contributed by atoms with Crippen molar-refractivity contribution in [1.29, 1.82) is 0 Å². The molecule has 3 rings (SSSR count). The second-order valence-corrected chi connectivity index (χ2v) is 5.68. The molecule has 4 nitrogen and oxygen atoms in total. The van der Waals surface area contributed by atoms with E-state index < -0.39 is 17.8 Å². The van der Waals surface area contributed by atoms with Gasteiger partial charge >= 0.3 is 12.2 Å². The number of nitrogens with zero attached hydrogens (tertiary/aromatic N) is 1. The summed E-state index contributed by atoms with van der Waals surface area (Å²) in [7, 11) is 0. The molecular weight excluding hydrogens is 327 g/mol. The van der Waals surface area contributed by atoms with Gasteiger partial charge in [0.25, 0.3) is 0 Å². The van der Waals surface area contributed by atoms with Gasteiger partial charge in [-0.3, -0.25) is 5.32 Å². The Morgan fingerprint density at radius 2 is 1.78 bits per heavy atom. The SMILES string of the molecule is O=C(Nc1ccccc1)Nc1nc2ccc(C(F)(F)F)cc2s1. The van der Waals surface area contributed by atoms with Crippen LogP contribution < -0.4 is 10.6 Å². The van der Waals surface area contributed by atoms with Gasteiger partial charge < -0.3 is 5.32 Å². The predicted molar refractivity (Wildman–Crippen MR) is 83.7 cm³/mol. The first kappa shape index (κ1) is 15.3. The van der Waals surface area contributed by atoms with Crippen LogP contribution in [0.2, 0.25) is 0 Å². The average Bonchev–Trinajstić information content (AvgIpc) is 2.88. The molecule has 0 fully saturated rings. The number of benzene rings is 2. The molecule has 2 amide bonds. The smallest absolute Gasteiger partial charge is 0.308 e. The lowest BCUT2D eigenvalue weighted by Crippen LogP contribution is -2.19. The number of para-hydroxylation sites is 1. The molecule has 2 aromatic carbocycles. The summed E-state index contributed by atoms with van der Waals surface area (Å²) in [5.41, 5.74) is 0.261. The van der Waals surface area contributed by atoms with Crippen LogP contribution in [-0.2, 0) is 6.18 Å². The lowest BCUT2D eigenvalue weighted by Gasteiger charge is -2.04. The van der Waals surface area contributed by atoms with Gasteiger partial charge in [0, 0.05) is 5.69 Å². The number of thiazole rings is 1. The molecule has 0 spiro atoms. The number of alkyl halides is 3. The molecule has 0 aliphatic carbocycles. The number of nitrogens with one attached hydrogen (secondary N) is 2. The van der Waals surface area contributed by atoms with Crippen molar-refractivity contribution in [3.05, 3.63) is 54.1 Å². The molecule has 1 aromatic heterocycles. The molecule has 3 aromatic rings. The van der Waals surface area contributed by atoms with Gasteiger partial charge in [-0.1, -0.05) is 29.5 Å². The zero-order chi connectivity index (χ0) is 16.4. The first-order chi connectivity index (χ1) is 10.9. The fraction of sp³-hybridized carbons (Fsp3) is 0.0667. The number of aromatic nitrogens is 1. The molecule has 118 valence electrons. The zero-order valence-electron chi connectivity index (χ0n) is 11.5. The third kappa shape index (κ3) is 3.59. The van der Waals surface area contributed by atoms with Crippen molar-refractivity contribution in [2.45, 2.75) is 6.18 Å². The van der Waals surface area contributed by atoms with Crippen LogP contribution in [0.5, 0.6) is 0 Å². The topological polar surface area (TPSA) is 54.0 Å². The maximum absolute atomic E-state index is 12.7. The Bertz CT molecular complexity index is 846. The summed E-state index contributed by atoms with van der Waals surface area (Å²) in [6.45, 7) is 0. The third-order valence-electron chi connectivity index (χ3n) is 2.97. The van der Waals surface area contributed by atoms with E-state index in [0.29, 0.717) is 15.9 Å². The van der Waals surface area contributed by atoms with E-state index >= 15 is 0 Å². The van der Waals surface area contributed by atoms with Crippen LogP contribution in [0.15, 0.2) is 48.5 Å². The fourth-order valence-electron chi connectivity index (χ4n) is 1.94. The van der Waals surface area contributed by atoms with Gasteiger partial charge in [0.15, 0.2) is 5.13 Å². The Kier molecular flexibility index (Phi) is 3.91. The van der Waals surface area contributed by atoms with E-state index in [9.17, 15) is 18.0 Å². The van der Waals surface area contributed by atoms with Gasteiger partial charge in [0.05, 0.1) is 15.8 Å². The first-order valence-electron chi connectivity index (χ1n) is 6.53. The van der Waals surface area contributed by atoms with Crippen LogP contribution in [-0.4, -0.2) is 11.0 Å². The lowest BCUT2D eigenvalue weighted by atomic mass is 10.2. The van der Waals surface area contributed by atoms with E-state index in [1.807, 2.05) is 6.07 Å². The summed E-state index contributed by atoms with van der Waals surface area (Å²) in [5.74, 6) is 0. The van der Waals surface area contributed by atoms with E-state index in [1.165, 1.54) is 6.07 Å². The number of anilines is 2. The van der Waals surface area contributed by atoms with E-state index in [0.717, 1.165) is 23.5 Å². The van der Waals surface area contributed by atoms with Gasteiger partial charge in [-0.25, -0.2) is 9.78 Å². The summed E-state index contributed by atoms with van der Waals surface area (Å²) >= 11 is 0.983. The molecule has 0 aliphatic rings. The number of amides is 2. The molecule has 23 heavy (non-hydrogen) atoms. The highest BCUT2D eigenvalue weighted by atomic mass is 32.1. The minimum Gasteiger partial charge on any atom is -0.308 e. The molecule has 0 bridgehead atoms. The van der Waals surface area contributed by atoms with Crippen molar-refractivity contribution in [2.24, 2.45) is 0 Å². The fourth-order valence-corrected chi connectivity index (χ4v) is 2.84. The third-order valence-corrected chi connectivity index (χ3v) is 3.90. The number of urea groups is 1. The summed E-state index contributed by atoms with van der Waals surface area (Å²) in [4.78, 5) is 15.9. The van der Waals surface area contributed by atoms with Crippen LogP contribution in [0.25, 0.3) is 10.2 Å². The maximum atomic E-state index is 12.7. The number of rotatable bonds is 2. The van der Waals surface area contributed by atoms with Crippen molar-refractivity contribution >= 4 is 38.4 Å². The highest BCUT2D eigenvalue weighted by Gasteiger charge is 2.30. The Hall–Kier alpha value is -2.61. The zero-order valence-corrected chi connectivity index (χ0v) is 12.3. The monoisotopic (exact) mass is 337 g/mol. The average molecular weight is 337 g/mol. The molecule has 8 heteroatoms. The van der Waals surface area contributed by atoms with Gasteiger partial charge in [-0.05, 0) is 30.3 Å². The summed E-state index contributed by atoms with van der Waals surface area (Å²) in [5, 5.41) is 5.35. The molecule has 0 saturated carbocycles. The van der Waals surface area contributed by atoms with Crippen molar-refractivity contribution in [3.63, 3.8) is 0 Å². The van der Waals surface area contributed by atoms with E-state index in [2.05, 4.69) is 15.6 Å². The summed E-state index contributed by atoms with van der Waals surface area (Å²) in [6.07, 6.45) is -4.41. The van der Waals surface area contributed by atoms with Crippen LogP contribution >= 0.6 is 11.3 Å². The Morgan fingerprint density at radius 3 is 2.48 bits per heavy atom. The quantitative estimate of drug-likeness (QED) is 0.694. The normalized spacial score (nSPS) is 11.4. The van der Waals surface area contributed by atoms with E-state index in [1.54, 1.807) is 24.3 Å². The number of hydrogen-bond acceptors (Lipinski definition) is 3. The van der Waals surface area contributed by atoms with Crippen LogP contribution in [0.1, 0.15) is 5.56 Å². The standard InChI is InChI=1S/C15H10F3N3OS/c16-15(17,18)9-6-7-11-12(8-9)23-14(20-11)21-13(22)19-10-4-2-1-3-5-10/h1-8H,(H2,19,20,21,22). The molecule has 2 N–H and O–H groups in total. The molecule has 0 atom stereocenters. The second-order valence-electron chi connectivity index (χ2n) is 4.64. The van der Waals surface area contributed by atoms with Gasteiger partial charge in [0.2, 0.25) is 0 Å². The summed E-state index contributed by atoms with van der Waals surface area (Å²) in [6, 6.07) is 11.6. The van der Waals surface area contributed by atoms with E-state index in [-0.39, 0.29) is 5.13 Å². The molecule has 0 saturated heterocycles. The van der Waals surface area contributed by atoms with Crippen molar-refractivity contribution in [1.82, 2.24) is 4.98 Å². The first-order valence-corrected chi connectivity index (χ1v) is 7.34. The second kappa shape index (κ2) is 5.88. The Morgan fingerprint density at radius 1 is 1.04 bits per heavy atom. The minimum absolute atomic E-state index is 0.229. The number of fused-ring (bicyclic) bond motifs is 1. The highest BCUT2D eigenvalue weighted by molar-refractivity contribution is 7.22.